The summed E-state index contributed by atoms with van der Waals surface area (Å²) in [5.74, 6) is 0.336. The second-order valence-corrected chi connectivity index (χ2v) is 6.68. The minimum atomic E-state index is -0.249. The summed E-state index contributed by atoms with van der Waals surface area (Å²) >= 11 is 11.0. The Morgan fingerprint density at radius 3 is 2.46 bits per heavy atom. The second kappa shape index (κ2) is 8.66. The van der Waals surface area contributed by atoms with Gasteiger partial charge >= 0.3 is 0 Å². The zero-order valence-electron chi connectivity index (χ0n) is 13.6. The first kappa shape index (κ1) is 18.2. The van der Waals surface area contributed by atoms with Crippen molar-refractivity contribution in [3.63, 3.8) is 0 Å². The first-order chi connectivity index (χ1) is 11.4. The van der Waals surface area contributed by atoms with Crippen molar-refractivity contribution in [2.24, 2.45) is 5.92 Å². The Morgan fingerprint density at radius 1 is 1.12 bits per heavy atom. The van der Waals surface area contributed by atoms with Gasteiger partial charge in [-0.2, -0.15) is 0 Å². The summed E-state index contributed by atoms with van der Waals surface area (Å²) in [6.45, 7) is 4.33. The van der Waals surface area contributed by atoms with Gasteiger partial charge < -0.3 is 5.32 Å². The van der Waals surface area contributed by atoms with Crippen LogP contribution in [0.4, 0.5) is 5.69 Å². The normalized spacial score (nSPS) is 10.3. The van der Waals surface area contributed by atoms with Crippen molar-refractivity contribution >= 4 is 40.5 Å². The van der Waals surface area contributed by atoms with Crippen LogP contribution in [0.5, 0.6) is 0 Å². The second-order valence-electron chi connectivity index (χ2n) is 5.84. The Labute approximate surface area is 152 Å². The van der Waals surface area contributed by atoms with E-state index in [1.807, 2.05) is 36.4 Å². The lowest BCUT2D eigenvalue weighted by Gasteiger charge is -2.12. The molecule has 0 radical (unpaired) electrons. The van der Waals surface area contributed by atoms with E-state index < -0.39 is 0 Å². The highest BCUT2D eigenvalue weighted by Gasteiger charge is 2.06. The maximum Gasteiger partial charge on any atom is 0.269 e. The zero-order chi connectivity index (χ0) is 17.5. The van der Waals surface area contributed by atoms with Crippen molar-refractivity contribution in [2.75, 3.05) is 5.32 Å². The lowest BCUT2D eigenvalue weighted by atomic mass is 10.0. The molecule has 2 rings (SSSR count). The third kappa shape index (κ3) is 5.83. The van der Waals surface area contributed by atoms with E-state index in [9.17, 15) is 4.79 Å². The van der Waals surface area contributed by atoms with Crippen LogP contribution in [0.2, 0.25) is 5.02 Å². The topological polar surface area (TPSA) is 53.2 Å². The van der Waals surface area contributed by atoms with E-state index in [-0.39, 0.29) is 11.0 Å². The average molecular weight is 362 g/mol. The Kier molecular flexibility index (Phi) is 6.58. The van der Waals surface area contributed by atoms with Crippen LogP contribution in [0.15, 0.2) is 48.5 Å². The van der Waals surface area contributed by atoms with Crippen LogP contribution in [0.25, 0.3) is 0 Å². The van der Waals surface area contributed by atoms with Crippen molar-refractivity contribution < 1.29 is 4.79 Å². The van der Waals surface area contributed by atoms with Crippen molar-refractivity contribution in [2.45, 2.75) is 20.3 Å². The van der Waals surface area contributed by atoms with Crippen LogP contribution >= 0.6 is 23.8 Å². The van der Waals surface area contributed by atoms with Crippen LogP contribution in [0.3, 0.4) is 0 Å². The van der Waals surface area contributed by atoms with Crippen LogP contribution in [0.1, 0.15) is 29.8 Å². The maximum atomic E-state index is 12.1. The monoisotopic (exact) mass is 361 g/mol. The predicted octanol–water partition coefficient (Wildman–Crippen LogP) is 4.17. The van der Waals surface area contributed by atoms with Crippen molar-refractivity contribution in [3.05, 3.63) is 64.7 Å². The number of hydrogen-bond donors (Lipinski definition) is 3. The summed E-state index contributed by atoms with van der Waals surface area (Å²) in [5.41, 5.74) is 7.77. The van der Waals surface area contributed by atoms with Gasteiger partial charge in [0.1, 0.15) is 0 Å². The molecule has 0 aliphatic carbocycles. The number of thiocarbonyl (C=S) groups is 1. The quantitative estimate of drug-likeness (QED) is 0.565. The predicted molar refractivity (Wildman–Crippen MR) is 103 cm³/mol. The Morgan fingerprint density at radius 2 is 1.83 bits per heavy atom. The number of carbonyl (C=O) groups is 1. The molecule has 0 heterocycles. The molecule has 0 atom stereocenters. The van der Waals surface area contributed by atoms with Gasteiger partial charge in [-0.3, -0.25) is 15.6 Å². The lowest BCUT2D eigenvalue weighted by molar-refractivity contribution is 0.0944. The van der Waals surface area contributed by atoms with Crippen LogP contribution in [-0.2, 0) is 6.42 Å². The fourth-order valence-corrected chi connectivity index (χ4v) is 2.54. The SMILES string of the molecule is CC(C)Cc1ccc(C(=O)NNC(=S)Nc2cccc(Cl)c2)cc1. The standard InChI is InChI=1S/C18H20ClN3OS/c1-12(2)10-13-6-8-14(9-7-13)17(23)21-22-18(24)20-16-5-3-4-15(19)11-16/h3-9,11-12H,10H2,1-2H3,(H,21,23)(H2,20,22,24). The molecule has 3 N–H and O–H groups in total. The fourth-order valence-electron chi connectivity index (χ4n) is 2.18. The number of anilines is 1. The molecule has 24 heavy (non-hydrogen) atoms. The number of nitrogens with one attached hydrogen (secondary N) is 3. The highest BCUT2D eigenvalue weighted by molar-refractivity contribution is 7.80. The number of amides is 1. The van der Waals surface area contributed by atoms with E-state index >= 15 is 0 Å². The molecular weight excluding hydrogens is 342 g/mol. The number of halogens is 1. The summed E-state index contributed by atoms with van der Waals surface area (Å²) in [4.78, 5) is 12.1. The van der Waals surface area contributed by atoms with E-state index in [4.69, 9.17) is 23.8 Å². The van der Waals surface area contributed by atoms with Crippen molar-refractivity contribution in [3.8, 4) is 0 Å². The van der Waals surface area contributed by atoms with Crippen LogP contribution in [0, 0.1) is 5.92 Å². The lowest BCUT2D eigenvalue weighted by Crippen LogP contribution is -2.43. The molecule has 4 nitrogen and oxygen atoms in total. The molecule has 2 aromatic carbocycles. The van der Waals surface area contributed by atoms with Crippen molar-refractivity contribution in [1.82, 2.24) is 10.9 Å². The van der Waals surface area contributed by atoms with E-state index in [1.165, 1.54) is 5.56 Å². The molecule has 0 saturated heterocycles. The fraction of sp³-hybridized carbons (Fsp3) is 0.222. The molecule has 126 valence electrons. The zero-order valence-corrected chi connectivity index (χ0v) is 15.2. The molecule has 0 spiro atoms. The van der Waals surface area contributed by atoms with Gasteiger partial charge in [-0.25, -0.2) is 0 Å². The average Bonchev–Trinajstić information content (AvgIpc) is 2.53. The van der Waals surface area contributed by atoms with Gasteiger partial charge in [0.25, 0.3) is 5.91 Å². The molecule has 0 aliphatic rings. The molecule has 0 aliphatic heterocycles. The summed E-state index contributed by atoms with van der Waals surface area (Å²) in [7, 11) is 0. The maximum absolute atomic E-state index is 12.1. The van der Waals surface area contributed by atoms with Gasteiger partial charge in [0, 0.05) is 16.3 Å². The van der Waals surface area contributed by atoms with Gasteiger partial charge in [-0.05, 0) is 60.5 Å². The number of hydrogen-bond acceptors (Lipinski definition) is 2. The molecule has 0 saturated carbocycles. The molecular formula is C18H20ClN3OS. The van der Waals surface area contributed by atoms with Crippen LogP contribution < -0.4 is 16.2 Å². The van der Waals surface area contributed by atoms with E-state index in [0.29, 0.717) is 16.5 Å². The molecule has 0 bridgehead atoms. The van der Waals surface area contributed by atoms with Gasteiger partial charge in [0.05, 0.1) is 0 Å². The molecule has 0 aromatic heterocycles. The summed E-state index contributed by atoms with van der Waals surface area (Å²) in [6.07, 6.45) is 0.994. The Balaban J connectivity index is 1.85. The summed E-state index contributed by atoms with van der Waals surface area (Å²) in [5, 5.41) is 3.83. The summed E-state index contributed by atoms with van der Waals surface area (Å²) < 4.78 is 0. The van der Waals surface area contributed by atoms with Gasteiger partial charge in [-0.1, -0.05) is 43.6 Å². The number of hydrazine groups is 1. The van der Waals surface area contributed by atoms with Crippen molar-refractivity contribution in [1.29, 1.82) is 0 Å². The molecule has 1 amide bonds. The third-order valence-corrected chi connectivity index (χ3v) is 3.67. The first-order valence-electron chi connectivity index (χ1n) is 7.66. The number of carbonyl (C=O) groups excluding carboxylic acids is 1. The minimum Gasteiger partial charge on any atom is -0.331 e. The summed E-state index contributed by atoms with van der Waals surface area (Å²) in [6, 6.07) is 14.7. The van der Waals surface area contributed by atoms with Gasteiger partial charge in [0.2, 0.25) is 0 Å². The molecule has 0 fully saturated rings. The van der Waals surface area contributed by atoms with E-state index in [2.05, 4.69) is 30.0 Å². The number of rotatable bonds is 4. The minimum absolute atomic E-state index is 0.249. The highest BCUT2D eigenvalue weighted by atomic mass is 35.5. The van der Waals surface area contributed by atoms with Gasteiger partial charge in [-0.15, -0.1) is 0 Å². The van der Waals surface area contributed by atoms with Gasteiger partial charge in [0.15, 0.2) is 5.11 Å². The smallest absolute Gasteiger partial charge is 0.269 e. The molecule has 0 unspecified atom stereocenters. The first-order valence-corrected chi connectivity index (χ1v) is 8.44. The number of benzene rings is 2. The third-order valence-electron chi connectivity index (χ3n) is 3.23. The molecule has 6 heteroatoms. The van der Waals surface area contributed by atoms with E-state index in [1.54, 1.807) is 12.1 Å². The Hall–Kier alpha value is -2.11. The largest absolute Gasteiger partial charge is 0.331 e. The van der Waals surface area contributed by atoms with E-state index in [0.717, 1.165) is 12.1 Å². The molecule has 2 aromatic rings. The highest BCUT2D eigenvalue weighted by Crippen LogP contribution is 2.14. The van der Waals surface area contributed by atoms with Crippen LogP contribution in [-0.4, -0.2) is 11.0 Å². The Bertz CT molecular complexity index is 716.